The number of rotatable bonds is 9. The molecule has 4 rings (SSSR count). The van der Waals surface area contributed by atoms with E-state index < -0.39 is 23.5 Å². The molecule has 4 N–H and O–H groups in total. The zero-order valence-electron chi connectivity index (χ0n) is 21.7. The SMILES string of the molecule is Cl.N=C(N)N1CCC(CCC(=O)O)(c2ccccc2C=CC(=O)OC(c2ccccc2)c2ccccc2)CC1. The summed E-state index contributed by atoms with van der Waals surface area (Å²) in [5.74, 6) is -1.29. The summed E-state index contributed by atoms with van der Waals surface area (Å²) in [5.41, 5.74) is 8.91. The number of nitrogens with two attached hydrogens (primary N) is 1. The quantitative estimate of drug-likeness (QED) is 0.140. The molecule has 0 spiro atoms. The van der Waals surface area contributed by atoms with E-state index in [0.29, 0.717) is 32.4 Å². The van der Waals surface area contributed by atoms with Gasteiger partial charge in [-0.1, -0.05) is 84.9 Å². The maximum Gasteiger partial charge on any atom is 0.331 e. The van der Waals surface area contributed by atoms with E-state index >= 15 is 0 Å². The second kappa shape index (κ2) is 13.6. The fourth-order valence-electron chi connectivity index (χ4n) is 5.20. The van der Waals surface area contributed by atoms with Gasteiger partial charge < -0.3 is 20.5 Å². The van der Waals surface area contributed by atoms with Crippen LogP contribution < -0.4 is 5.73 Å². The van der Waals surface area contributed by atoms with Crippen molar-refractivity contribution in [1.82, 2.24) is 4.90 Å². The molecule has 1 aliphatic heterocycles. The molecule has 0 amide bonds. The van der Waals surface area contributed by atoms with Crippen LogP contribution >= 0.6 is 12.4 Å². The van der Waals surface area contributed by atoms with E-state index in [1.165, 1.54) is 6.08 Å². The average molecular weight is 548 g/mol. The van der Waals surface area contributed by atoms with E-state index in [1.807, 2.05) is 89.8 Å². The molecule has 0 saturated carbocycles. The number of carboxylic acids is 1. The summed E-state index contributed by atoms with van der Waals surface area (Å²) >= 11 is 0. The first-order valence-electron chi connectivity index (χ1n) is 12.8. The van der Waals surface area contributed by atoms with Crippen molar-refractivity contribution in [2.24, 2.45) is 5.73 Å². The Labute approximate surface area is 235 Å². The van der Waals surface area contributed by atoms with Gasteiger partial charge in [-0.2, -0.15) is 0 Å². The molecule has 3 aromatic rings. The number of guanidine groups is 1. The number of esters is 1. The van der Waals surface area contributed by atoms with Gasteiger partial charge in [0, 0.05) is 25.6 Å². The molecule has 0 aliphatic carbocycles. The minimum atomic E-state index is -0.845. The monoisotopic (exact) mass is 547 g/mol. The third kappa shape index (κ3) is 7.48. The van der Waals surface area contributed by atoms with Gasteiger partial charge >= 0.3 is 11.9 Å². The van der Waals surface area contributed by atoms with Gasteiger partial charge in [0.05, 0.1) is 0 Å². The maximum atomic E-state index is 13.0. The minimum absolute atomic E-state index is 0. The van der Waals surface area contributed by atoms with Crippen molar-refractivity contribution in [2.75, 3.05) is 13.1 Å². The number of likely N-dealkylation sites (tertiary alicyclic amines) is 1. The first-order valence-corrected chi connectivity index (χ1v) is 12.8. The molecule has 1 aliphatic rings. The van der Waals surface area contributed by atoms with Crippen molar-refractivity contribution in [3.05, 3.63) is 113 Å². The van der Waals surface area contributed by atoms with Crippen LogP contribution in [0.15, 0.2) is 91.0 Å². The third-order valence-corrected chi connectivity index (χ3v) is 7.25. The molecule has 3 aromatic carbocycles. The van der Waals surface area contributed by atoms with E-state index in [2.05, 4.69) is 0 Å². The number of carbonyl (C=O) groups is 2. The number of hydrogen-bond acceptors (Lipinski definition) is 4. The first kappa shape index (κ1) is 29.5. The molecule has 1 saturated heterocycles. The number of nitrogens with zero attached hydrogens (tertiary/aromatic N) is 1. The normalized spacial score (nSPS) is 14.5. The summed E-state index contributed by atoms with van der Waals surface area (Å²) in [6.45, 7) is 1.15. The molecule has 0 unspecified atom stereocenters. The number of carbonyl (C=O) groups excluding carboxylic acids is 1. The van der Waals surface area contributed by atoms with Crippen molar-refractivity contribution in [2.45, 2.75) is 37.2 Å². The van der Waals surface area contributed by atoms with Gasteiger partial charge in [0.2, 0.25) is 0 Å². The van der Waals surface area contributed by atoms with Crippen LogP contribution in [0.1, 0.15) is 54.0 Å². The smallest absolute Gasteiger partial charge is 0.331 e. The van der Waals surface area contributed by atoms with Crippen LogP contribution in [0.25, 0.3) is 6.08 Å². The van der Waals surface area contributed by atoms with Gasteiger partial charge in [0.25, 0.3) is 0 Å². The molecule has 1 fully saturated rings. The van der Waals surface area contributed by atoms with E-state index in [4.69, 9.17) is 15.9 Å². The predicted octanol–water partition coefficient (Wildman–Crippen LogP) is 5.55. The number of piperidine rings is 1. The Balaban J connectivity index is 0.00000420. The van der Waals surface area contributed by atoms with E-state index in [1.54, 1.807) is 6.08 Å². The van der Waals surface area contributed by atoms with E-state index in [0.717, 1.165) is 22.3 Å². The molecular weight excluding hydrogens is 514 g/mol. The van der Waals surface area contributed by atoms with Crippen molar-refractivity contribution < 1.29 is 19.4 Å². The van der Waals surface area contributed by atoms with Crippen molar-refractivity contribution in [3.8, 4) is 0 Å². The van der Waals surface area contributed by atoms with Gasteiger partial charge in [-0.3, -0.25) is 10.2 Å². The molecule has 39 heavy (non-hydrogen) atoms. The molecule has 0 bridgehead atoms. The van der Waals surface area contributed by atoms with Crippen LogP contribution in [0.4, 0.5) is 0 Å². The number of halogens is 1. The highest BCUT2D eigenvalue weighted by molar-refractivity contribution is 5.88. The van der Waals surface area contributed by atoms with Crippen LogP contribution in [0, 0.1) is 5.41 Å². The summed E-state index contributed by atoms with van der Waals surface area (Å²) in [7, 11) is 0. The van der Waals surface area contributed by atoms with Crippen molar-refractivity contribution in [1.29, 1.82) is 5.41 Å². The lowest BCUT2D eigenvalue weighted by Crippen LogP contribution is -2.47. The topological polar surface area (TPSA) is 117 Å². The van der Waals surface area contributed by atoms with Crippen molar-refractivity contribution in [3.63, 3.8) is 0 Å². The summed E-state index contributed by atoms with van der Waals surface area (Å²) in [6.07, 6.45) is 4.49. The first-order chi connectivity index (χ1) is 18.4. The summed E-state index contributed by atoms with van der Waals surface area (Å²) in [5, 5.41) is 17.2. The summed E-state index contributed by atoms with van der Waals surface area (Å²) < 4.78 is 5.93. The molecule has 1 heterocycles. The van der Waals surface area contributed by atoms with Gasteiger partial charge in [0.15, 0.2) is 12.1 Å². The Morgan fingerprint density at radius 3 is 2.03 bits per heavy atom. The summed E-state index contributed by atoms with van der Waals surface area (Å²) in [6, 6.07) is 27.0. The zero-order chi connectivity index (χ0) is 27.0. The van der Waals surface area contributed by atoms with Crippen LogP contribution in [-0.4, -0.2) is 41.0 Å². The molecule has 204 valence electrons. The highest BCUT2D eigenvalue weighted by Gasteiger charge is 2.38. The van der Waals surface area contributed by atoms with Crippen molar-refractivity contribution >= 4 is 36.4 Å². The van der Waals surface area contributed by atoms with Crippen LogP contribution in [0.5, 0.6) is 0 Å². The lowest BCUT2D eigenvalue weighted by molar-refractivity contribution is -0.141. The second-order valence-electron chi connectivity index (χ2n) is 9.61. The van der Waals surface area contributed by atoms with Gasteiger partial charge in [0.1, 0.15) is 0 Å². The molecule has 0 radical (unpaired) electrons. The highest BCUT2D eigenvalue weighted by Crippen LogP contribution is 2.41. The number of carboxylic acid groups (broad SMARTS) is 1. The Hall–Kier alpha value is -4.10. The molecular formula is C31H34ClN3O4. The fourth-order valence-corrected chi connectivity index (χ4v) is 5.20. The molecule has 0 atom stereocenters. The molecule has 7 nitrogen and oxygen atoms in total. The lowest BCUT2D eigenvalue weighted by Gasteiger charge is -2.43. The molecule has 8 heteroatoms. The Morgan fingerprint density at radius 2 is 1.49 bits per heavy atom. The van der Waals surface area contributed by atoms with E-state index in [9.17, 15) is 14.7 Å². The average Bonchev–Trinajstić information content (AvgIpc) is 2.95. The Kier molecular flexibility index (Phi) is 10.3. The highest BCUT2D eigenvalue weighted by atomic mass is 35.5. The lowest BCUT2D eigenvalue weighted by atomic mass is 9.68. The number of benzene rings is 3. The van der Waals surface area contributed by atoms with Crippen LogP contribution in [0.3, 0.4) is 0 Å². The molecule has 0 aromatic heterocycles. The number of aliphatic carboxylic acids is 1. The largest absolute Gasteiger partial charge is 0.481 e. The predicted molar refractivity (Wildman–Crippen MR) is 155 cm³/mol. The minimum Gasteiger partial charge on any atom is -0.481 e. The van der Waals surface area contributed by atoms with E-state index in [-0.39, 0.29) is 24.8 Å². The summed E-state index contributed by atoms with van der Waals surface area (Å²) in [4.78, 5) is 26.3. The van der Waals surface area contributed by atoms with Gasteiger partial charge in [-0.25, -0.2) is 4.79 Å². The van der Waals surface area contributed by atoms with Crippen LogP contribution in [-0.2, 0) is 19.7 Å². The maximum absolute atomic E-state index is 13.0. The standard InChI is InChI=1S/C31H33N3O4.ClH/c32-30(33)34-21-19-31(20-22-34,18-17-27(35)36)26-14-8-7-9-23(26)15-16-28(37)38-29(24-10-3-1-4-11-24)25-12-5-2-6-13-25;/h1-16,29H,17-22H2,(H3,32,33)(H,35,36);1H. The number of nitrogens with one attached hydrogen (secondary N) is 1. The van der Waals surface area contributed by atoms with Gasteiger partial charge in [-0.15, -0.1) is 12.4 Å². The Bertz CT molecular complexity index is 1250. The second-order valence-corrected chi connectivity index (χ2v) is 9.61. The third-order valence-electron chi connectivity index (χ3n) is 7.25. The zero-order valence-corrected chi connectivity index (χ0v) is 22.5. The Morgan fingerprint density at radius 1 is 0.949 bits per heavy atom. The fraction of sp³-hybridized carbons (Fsp3) is 0.258. The number of ether oxygens (including phenoxy) is 1. The number of hydrogen-bond donors (Lipinski definition) is 3. The van der Waals surface area contributed by atoms with Crippen LogP contribution in [0.2, 0.25) is 0 Å². The van der Waals surface area contributed by atoms with Gasteiger partial charge in [-0.05, 0) is 53.0 Å².